The monoisotopic (exact) mass is 344 g/mol. The quantitative estimate of drug-likeness (QED) is 0.720. The molecular weight excluding hydrogens is 316 g/mol. The van der Waals surface area contributed by atoms with E-state index < -0.39 is 0 Å². The third-order valence-corrected chi connectivity index (χ3v) is 5.52. The van der Waals surface area contributed by atoms with Crippen LogP contribution >= 0.6 is 0 Å². The van der Waals surface area contributed by atoms with E-state index in [0.717, 1.165) is 26.2 Å². The Morgan fingerprint density at radius 1 is 0.731 bits per heavy atom. The Balaban J connectivity index is 1.76. The molecule has 1 aliphatic heterocycles. The van der Waals surface area contributed by atoms with Crippen LogP contribution < -0.4 is 5.32 Å². The highest BCUT2D eigenvalue weighted by atomic mass is 15.2. The van der Waals surface area contributed by atoms with Crippen LogP contribution in [0.1, 0.15) is 42.5 Å². The van der Waals surface area contributed by atoms with Crippen molar-refractivity contribution in [3.63, 3.8) is 0 Å². The molecule has 4 rings (SSSR count). The molecule has 1 aliphatic rings. The highest BCUT2D eigenvalue weighted by Crippen LogP contribution is 2.32. The molecule has 0 radical (unpaired) electrons. The standard InChI is InChI=1S/C24H28N2/c1-18(2)19-7-10-21(11-8-19)24(26-15-13-25-14-16-26)23-12-9-20-5-3-4-6-22(20)17-23/h3-12,17-18,24-25H,13-16H2,1-2H3. The van der Waals surface area contributed by atoms with Crippen LogP contribution in [0.5, 0.6) is 0 Å². The Kier molecular flexibility index (Phi) is 5.05. The van der Waals surface area contributed by atoms with Crippen LogP contribution in [-0.4, -0.2) is 31.1 Å². The Morgan fingerprint density at radius 3 is 2.04 bits per heavy atom. The van der Waals surface area contributed by atoms with Gasteiger partial charge in [0.1, 0.15) is 0 Å². The average molecular weight is 345 g/mol. The van der Waals surface area contributed by atoms with Crippen molar-refractivity contribution in [3.05, 3.63) is 83.4 Å². The molecular formula is C24H28N2. The maximum atomic E-state index is 3.48. The molecule has 26 heavy (non-hydrogen) atoms. The van der Waals surface area contributed by atoms with Crippen LogP contribution in [0.25, 0.3) is 10.8 Å². The zero-order valence-electron chi connectivity index (χ0n) is 15.8. The van der Waals surface area contributed by atoms with E-state index in [9.17, 15) is 0 Å². The van der Waals surface area contributed by atoms with Crippen molar-refractivity contribution in [3.8, 4) is 0 Å². The average Bonchev–Trinajstić information content (AvgIpc) is 2.69. The van der Waals surface area contributed by atoms with Gasteiger partial charge in [-0.05, 0) is 39.4 Å². The van der Waals surface area contributed by atoms with Crippen LogP contribution in [0.3, 0.4) is 0 Å². The second-order valence-corrected chi connectivity index (χ2v) is 7.62. The van der Waals surface area contributed by atoms with Gasteiger partial charge in [-0.1, -0.05) is 74.5 Å². The molecule has 0 bridgehead atoms. The summed E-state index contributed by atoms with van der Waals surface area (Å²) in [6.07, 6.45) is 0. The highest BCUT2D eigenvalue weighted by Gasteiger charge is 2.24. The Bertz CT molecular complexity index is 861. The van der Waals surface area contributed by atoms with Crippen LogP contribution in [0, 0.1) is 0 Å². The van der Waals surface area contributed by atoms with Crippen LogP contribution in [-0.2, 0) is 0 Å². The van der Waals surface area contributed by atoms with Crippen molar-refractivity contribution in [1.29, 1.82) is 0 Å². The van der Waals surface area contributed by atoms with E-state index in [4.69, 9.17) is 0 Å². The molecule has 0 saturated carbocycles. The number of piperazine rings is 1. The first kappa shape index (κ1) is 17.3. The second kappa shape index (κ2) is 7.61. The molecule has 1 fully saturated rings. The third-order valence-electron chi connectivity index (χ3n) is 5.52. The largest absolute Gasteiger partial charge is 0.314 e. The number of rotatable bonds is 4. The lowest BCUT2D eigenvalue weighted by Gasteiger charge is -2.36. The molecule has 0 amide bonds. The van der Waals surface area contributed by atoms with Gasteiger partial charge < -0.3 is 5.32 Å². The van der Waals surface area contributed by atoms with Gasteiger partial charge in [-0.2, -0.15) is 0 Å². The van der Waals surface area contributed by atoms with E-state index in [0.29, 0.717) is 12.0 Å². The third kappa shape index (κ3) is 3.53. The number of benzene rings is 3. The molecule has 0 spiro atoms. The zero-order chi connectivity index (χ0) is 17.9. The summed E-state index contributed by atoms with van der Waals surface area (Å²) in [6, 6.07) is 25.2. The smallest absolute Gasteiger partial charge is 0.0602 e. The molecule has 1 saturated heterocycles. The summed E-state index contributed by atoms with van der Waals surface area (Å²) < 4.78 is 0. The number of hydrogen-bond acceptors (Lipinski definition) is 2. The van der Waals surface area contributed by atoms with E-state index in [2.05, 4.69) is 90.8 Å². The Hall–Kier alpha value is -2.16. The van der Waals surface area contributed by atoms with Crippen molar-refractivity contribution >= 4 is 10.8 Å². The van der Waals surface area contributed by atoms with Crippen molar-refractivity contribution in [2.75, 3.05) is 26.2 Å². The minimum Gasteiger partial charge on any atom is -0.314 e. The summed E-state index contributed by atoms with van der Waals surface area (Å²) in [4.78, 5) is 2.62. The number of nitrogens with one attached hydrogen (secondary N) is 1. The molecule has 2 nitrogen and oxygen atoms in total. The summed E-state index contributed by atoms with van der Waals surface area (Å²) in [7, 11) is 0. The Morgan fingerprint density at radius 2 is 1.35 bits per heavy atom. The SMILES string of the molecule is CC(C)c1ccc(C(c2ccc3ccccc3c2)N2CCNCC2)cc1. The van der Waals surface area contributed by atoms with Gasteiger partial charge in [-0.3, -0.25) is 4.90 Å². The van der Waals surface area contributed by atoms with Gasteiger partial charge in [0.15, 0.2) is 0 Å². The van der Waals surface area contributed by atoms with Gasteiger partial charge in [0.05, 0.1) is 6.04 Å². The van der Waals surface area contributed by atoms with Crippen molar-refractivity contribution < 1.29 is 0 Å². The van der Waals surface area contributed by atoms with Crippen LogP contribution in [0.2, 0.25) is 0 Å². The van der Waals surface area contributed by atoms with Crippen molar-refractivity contribution in [1.82, 2.24) is 10.2 Å². The molecule has 0 aromatic heterocycles. The highest BCUT2D eigenvalue weighted by molar-refractivity contribution is 5.83. The van der Waals surface area contributed by atoms with E-state index in [1.165, 1.54) is 27.5 Å². The zero-order valence-corrected chi connectivity index (χ0v) is 15.8. The maximum absolute atomic E-state index is 3.48. The summed E-state index contributed by atoms with van der Waals surface area (Å²) in [5.74, 6) is 0.572. The van der Waals surface area contributed by atoms with E-state index in [1.54, 1.807) is 0 Å². The lowest BCUT2D eigenvalue weighted by atomic mass is 9.92. The van der Waals surface area contributed by atoms with Crippen LogP contribution in [0.4, 0.5) is 0 Å². The fourth-order valence-corrected chi connectivity index (χ4v) is 4.00. The lowest BCUT2D eigenvalue weighted by molar-refractivity contribution is 0.198. The molecule has 134 valence electrons. The molecule has 1 unspecified atom stereocenters. The van der Waals surface area contributed by atoms with Gasteiger partial charge in [-0.15, -0.1) is 0 Å². The second-order valence-electron chi connectivity index (χ2n) is 7.62. The first-order chi connectivity index (χ1) is 12.7. The van der Waals surface area contributed by atoms with E-state index in [-0.39, 0.29) is 0 Å². The number of fused-ring (bicyclic) bond motifs is 1. The van der Waals surface area contributed by atoms with Crippen molar-refractivity contribution in [2.45, 2.75) is 25.8 Å². The fraction of sp³-hybridized carbons (Fsp3) is 0.333. The van der Waals surface area contributed by atoms with E-state index in [1.807, 2.05) is 0 Å². The molecule has 1 N–H and O–H groups in total. The minimum atomic E-state index is 0.322. The predicted molar refractivity (Wildman–Crippen MR) is 111 cm³/mol. The van der Waals surface area contributed by atoms with Gasteiger partial charge in [-0.25, -0.2) is 0 Å². The van der Waals surface area contributed by atoms with E-state index >= 15 is 0 Å². The Labute approximate surface area is 156 Å². The van der Waals surface area contributed by atoms with Gasteiger partial charge in [0.25, 0.3) is 0 Å². The van der Waals surface area contributed by atoms with Gasteiger partial charge in [0, 0.05) is 26.2 Å². The molecule has 1 heterocycles. The summed E-state index contributed by atoms with van der Waals surface area (Å²) in [6.45, 7) is 8.81. The molecule has 0 aliphatic carbocycles. The number of nitrogens with zero attached hydrogens (tertiary/aromatic N) is 1. The lowest BCUT2D eigenvalue weighted by Crippen LogP contribution is -2.45. The molecule has 3 aromatic carbocycles. The molecule has 1 atom stereocenters. The minimum absolute atomic E-state index is 0.322. The molecule has 3 aromatic rings. The fourth-order valence-electron chi connectivity index (χ4n) is 4.00. The topological polar surface area (TPSA) is 15.3 Å². The van der Waals surface area contributed by atoms with Gasteiger partial charge >= 0.3 is 0 Å². The summed E-state index contributed by atoms with van der Waals surface area (Å²) in [5.41, 5.74) is 4.20. The summed E-state index contributed by atoms with van der Waals surface area (Å²) in [5, 5.41) is 6.12. The predicted octanol–water partition coefficient (Wildman–Crippen LogP) is 4.96. The van der Waals surface area contributed by atoms with Crippen molar-refractivity contribution in [2.24, 2.45) is 0 Å². The maximum Gasteiger partial charge on any atom is 0.0602 e. The first-order valence-electron chi connectivity index (χ1n) is 9.76. The summed E-state index contributed by atoms with van der Waals surface area (Å²) >= 11 is 0. The van der Waals surface area contributed by atoms with Crippen LogP contribution in [0.15, 0.2) is 66.7 Å². The number of hydrogen-bond donors (Lipinski definition) is 1. The normalized spacial score (nSPS) is 16.9. The molecule has 2 heteroatoms. The first-order valence-corrected chi connectivity index (χ1v) is 9.76. The van der Waals surface area contributed by atoms with Gasteiger partial charge in [0.2, 0.25) is 0 Å².